The third kappa shape index (κ3) is 3.48. The summed E-state index contributed by atoms with van der Waals surface area (Å²) in [6.45, 7) is 4.00. The van der Waals surface area contributed by atoms with Gasteiger partial charge in [-0.25, -0.2) is 0 Å². The van der Waals surface area contributed by atoms with E-state index < -0.39 is 5.60 Å². The highest BCUT2D eigenvalue weighted by Crippen LogP contribution is 2.36. The molecule has 0 radical (unpaired) electrons. The van der Waals surface area contributed by atoms with E-state index in [1.165, 1.54) is 12.8 Å². The van der Waals surface area contributed by atoms with Crippen molar-refractivity contribution in [2.24, 2.45) is 0 Å². The van der Waals surface area contributed by atoms with Crippen molar-refractivity contribution in [2.45, 2.75) is 94.7 Å². The standard InChI is InChI=1S/C18H32N2O2/c1-17-12-13-20(14-18(22)10-6-2-3-7-11-18)15(17)8-4-5-9-16(21)19-17/h15,22H,2-14H2,1H3,(H,19,21)/t15-,17-/m0/s1. The second kappa shape index (κ2) is 6.48. The average molecular weight is 308 g/mol. The largest absolute Gasteiger partial charge is 0.389 e. The zero-order valence-corrected chi connectivity index (χ0v) is 14.1. The molecule has 4 heteroatoms. The normalized spacial score (nSPS) is 36.8. The van der Waals surface area contributed by atoms with Gasteiger partial charge in [0, 0.05) is 25.6 Å². The minimum atomic E-state index is -0.506. The van der Waals surface area contributed by atoms with Crippen molar-refractivity contribution < 1.29 is 9.90 Å². The summed E-state index contributed by atoms with van der Waals surface area (Å²) in [5.74, 6) is 0.210. The lowest BCUT2D eigenvalue weighted by atomic mass is 9.86. The smallest absolute Gasteiger partial charge is 0.220 e. The lowest BCUT2D eigenvalue weighted by Crippen LogP contribution is -2.57. The van der Waals surface area contributed by atoms with Crippen molar-refractivity contribution in [1.29, 1.82) is 0 Å². The number of carbonyl (C=O) groups is 1. The first-order valence-electron chi connectivity index (χ1n) is 9.28. The predicted octanol–water partition coefficient (Wildman–Crippen LogP) is 2.59. The second-order valence-corrected chi connectivity index (χ2v) is 8.09. The predicted molar refractivity (Wildman–Crippen MR) is 87.6 cm³/mol. The molecule has 0 aromatic carbocycles. The summed E-state index contributed by atoms with van der Waals surface area (Å²) in [5.41, 5.74) is -0.604. The third-order valence-electron chi connectivity index (χ3n) is 6.18. The van der Waals surface area contributed by atoms with Gasteiger partial charge in [-0.3, -0.25) is 9.69 Å². The monoisotopic (exact) mass is 308 g/mol. The van der Waals surface area contributed by atoms with Crippen molar-refractivity contribution in [1.82, 2.24) is 10.2 Å². The van der Waals surface area contributed by atoms with Gasteiger partial charge in [-0.05, 0) is 39.0 Å². The van der Waals surface area contributed by atoms with Crippen LogP contribution in [0, 0.1) is 0 Å². The number of aliphatic hydroxyl groups is 1. The molecule has 3 rings (SSSR count). The summed E-state index contributed by atoms with van der Waals surface area (Å²) in [7, 11) is 0. The Hall–Kier alpha value is -0.610. The van der Waals surface area contributed by atoms with Crippen LogP contribution in [0.25, 0.3) is 0 Å². The summed E-state index contributed by atoms with van der Waals surface area (Å²) in [6.07, 6.45) is 11.7. The first kappa shape index (κ1) is 16.3. The van der Waals surface area contributed by atoms with Crippen LogP contribution in [-0.2, 0) is 4.79 Å². The first-order chi connectivity index (χ1) is 10.5. The summed E-state index contributed by atoms with van der Waals surface area (Å²) >= 11 is 0. The SMILES string of the molecule is C[C@]12CCN(CC3(O)CCCCCC3)[C@H]1CCCCC(=O)N2. The molecule has 1 aliphatic carbocycles. The van der Waals surface area contributed by atoms with Gasteiger partial charge < -0.3 is 10.4 Å². The van der Waals surface area contributed by atoms with Crippen LogP contribution in [-0.4, -0.2) is 46.2 Å². The van der Waals surface area contributed by atoms with Crippen LogP contribution < -0.4 is 5.32 Å². The number of rotatable bonds is 2. The fraction of sp³-hybridized carbons (Fsp3) is 0.944. The maximum absolute atomic E-state index is 12.0. The summed E-state index contributed by atoms with van der Waals surface area (Å²) in [5, 5.41) is 14.3. The molecular formula is C18H32N2O2. The van der Waals surface area contributed by atoms with Crippen molar-refractivity contribution >= 4 is 5.91 Å². The van der Waals surface area contributed by atoms with E-state index in [1.54, 1.807) is 0 Å². The molecule has 2 aliphatic heterocycles. The van der Waals surface area contributed by atoms with E-state index in [2.05, 4.69) is 17.1 Å². The molecule has 0 aromatic heterocycles. The number of nitrogens with zero attached hydrogens (tertiary/aromatic N) is 1. The minimum Gasteiger partial charge on any atom is -0.389 e. The highest BCUT2D eigenvalue weighted by atomic mass is 16.3. The topological polar surface area (TPSA) is 52.6 Å². The van der Waals surface area contributed by atoms with Gasteiger partial charge in [0.05, 0.1) is 11.1 Å². The molecule has 0 aromatic rings. The molecule has 126 valence electrons. The van der Waals surface area contributed by atoms with Crippen LogP contribution in [0.3, 0.4) is 0 Å². The van der Waals surface area contributed by atoms with E-state index in [9.17, 15) is 9.90 Å². The minimum absolute atomic E-state index is 0.0986. The molecule has 0 spiro atoms. The number of nitrogens with one attached hydrogen (secondary N) is 1. The van der Waals surface area contributed by atoms with Crippen molar-refractivity contribution in [2.75, 3.05) is 13.1 Å². The molecule has 2 heterocycles. The Kier molecular flexibility index (Phi) is 4.79. The van der Waals surface area contributed by atoms with Crippen molar-refractivity contribution in [3.05, 3.63) is 0 Å². The van der Waals surface area contributed by atoms with Crippen molar-refractivity contribution in [3.8, 4) is 0 Å². The van der Waals surface area contributed by atoms with Gasteiger partial charge in [0.15, 0.2) is 0 Å². The summed E-state index contributed by atoms with van der Waals surface area (Å²) in [4.78, 5) is 14.5. The van der Waals surface area contributed by atoms with E-state index in [0.29, 0.717) is 12.5 Å². The molecule has 0 unspecified atom stereocenters. The number of carbonyl (C=O) groups excluding carboxylic acids is 1. The van der Waals surface area contributed by atoms with Crippen LogP contribution >= 0.6 is 0 Å². The van der Waals surface area contributed by atoms with E-state index in [0.717, 1.165) is 64.5 Å². The number of hydrogen-bond donors (Lipinski definition) is 2. The molecule has 2 atom stereocenters. The molecule has 0 bridgehead atoms. The molecule has 22 heavy (non-hydrogen) atoms. The van der Waals surface area contributed by atoms with Gasteiger partial charge in [0.25, 0.3) is 0 Å². The molecule has 2 N–H and O–H groups in total. The van der Waals surface area contributed by atoms with Crippen molar-refractivity contribution in [3.63, 3.8) is 0 Å². The van der Waals surface area contributed by atoms with Crippen LogP contribution in [0.4, 0.5) is 0 Å². The Morgan fingerprint density at radius 2 is 1.86 bits per heavy atom. The molecule has 4 nitrogen and oxygen atoms in total. The number of hydrogen-bond acceptors (Lipinski definition) is 3. The highest BCUT2D eigenvalue weighted by molar-refractivity contribution is 5.77. The zero-order valence-electron chi connectivity index (χ0n) is 14.1. The fourth-order valence-corrected chi connectivity index (χ4v) is 4.86. The van der Waals surface area contributed by atoms with Crippen LogP contribution in [0.5, 0.6) is 0 Å². The Bertz CT molecular complexity index is 404. The molecule has 3 fully saturated rings. The van der Waals surface area contributed by atoms with Gasteiger partial charge in [-0.2, -0.15) is 0 Å². The van der Waals surface area contributed by atoms with Gasteiger partial charge in [-0.15, -0.1) is 0 Å². The van der Waals surface area contributed by atoms with E-state index >= 15 is 0 Å². The molecular weight excluding hydrogens is 276 g/mol. The molecule has 2 saturated heterocycles. The van der Waals surface area contributed by atoms with Gasteiger partial charge in [-0.1, -0.05) is 32.1 Å². The number of fused-ring (bicyclic) bond motifs is 1. The summed E-state index contributed by atoms with van der Waals surface area (Å²) in [6, 6.07) is 0.393. The van der Waals surface area contributed by atoms with E-state index in [1.807, 2.05) is 0 Å². The number of likely N-dealkylation sites (tertiary alicyclic amines) is 1. The third-order valence-corrected chi connectivity index (χ3v) is 6.18. The van der Waals surface area contributed by atoms with Gasteiger partial charge in [0.1, 0.15) is 0 Å². The Morgan fingerprint density at radius 1 is 1.14 bits per heavy atom. The Labute approximate surface area is 134 Å². The Morgan fingerprint density at radius 3 is 2.59 bits per heavy atom. The van der Waals surface area contributed by atoms with Crippen LogP contribution in [0.15, 0.2) is 0 Å². The molecule has 1 amide bonds. The van der Waals surface area contributed by atoms with Gasteiger partial charge in [0.2, 0.25) is 5.91 Å². The van der Waals surface area contributed by atoms with Crippen LogP contribution in [0.2, 0.25) is 0 Å². The molecule has 1 saturated carbocycles. The molecule has 3 aliphatic rings. The second-order valence-electron chi connectivity index (χ2n) is 8.09. The maximum Gasteiger partial charge on any atom is 0.220 e. The van der Waals surface area contributed by atoms with Crippen LogP contribution in [0.1, 0.15) is 77.6 Å². The number of amides is 1. The quantitative estimate of drug-likeness (QED) is 0.771. The lowest BCUT2D eigenvalue weighted by Gasteiger charge is -2.40. The van der Waals surface area contributed by atoms with E-state index in [-0.39, 0.29) is 11.4 Å². The maximum atomic E-state index is 12.0. The summed E-state index contributed by atoms with van der Waals surface area (Å²) < 4.78 is 0. The number of β-amino-alcohol motifs (C(OH)–C–C–N with tert-alkyl or cyclic N) is 1. The fourth-order valence-electron chi connectivity index (χ4n) is 4.86. The Balaban J connectivity index is 1.70. The van der Waals surface area contributed by atoms with Gasteiger partial charge >= 0.3 is 0 Å². The zero-order chi connectivity index (χ0) is 15.6. The van der Waals surface area contributed by atoms with E-state index in [4.69, 9.17) is 0 Å². The first-order valence-corrected chi connectivity index (χ1v) is 9.28. The highest BCUT2D eigenvalue weighted by Gasteiger charge is 2.47. The average Bonchev–Trinajstić information content (AvgIpc) is 2.63. The lowest BCUT2D eigenvalue weighted by molar-refractivity contribution is -0.123.